The van der Waals surface area contributed by atoms with Gasteiger partial charge in [-0.1, -0.05) is 6.07 Å². The van der Waals surface area contributed by atoms with Gasteiger partial charge in [-0.3, -0.25) is 14.9 Å². The second-order valence-corrected chi connectivity index (χ2v) is 4.04. The highest BCUT2D eigenvalue weighted by Crippen LogP contribution is 2.37. The van der Waals surface area contributed by atoms with Gasteiger partial charge in [-0.05, 0) is 18.9 Å². The third-order valence-corrected chi connectivity index (χ3v) is 2.70. The molecule has 0 aliphatic heterocycles. The Balaban J connectivity index is 2.31. The molecule has 1 aliphatic carbocycles. The first-order valence-corrected chi connectivity index (χ1v) is 5.01. The third kappa shape index (κ3) is 2.04. The summed E-state index contributed by atoms with van der Waals surface area (Å²) in [6, 6.07) is 3.79. The van der Waals surface area contributed by atoms with E-state index in [4.69, 9.17) is 5.73 Å². The number of anilines is 1. The zero-order valence-electron chi connectivity index (χ0n) is 8.84. The van der Waals surface area contributed by atoms with Gasteiger partial charge in [-0.2, -0.15) is 0 Å². The second-order valence-electron chi connectivity index (χ2n) is 4.04. The number of rotatable bonds is 3. The van der Waals surface area contributed by atoms with Crippen LogP contribution in [-0.2, 0) is 4.79 Å². The van der Waals surface area contributed by atoms with Crippen molar-refractivity contribution in [1.82, 2.24) is 0 Å². The number of phenolic OH excluding ortho intramolecular Hbond substituents is 1. The number of nitro benzene ring substituents is 1. The minimum atomic E-state index is -0.948. The Morgan fingerprint density at radius 1 is 1.53 bits per heavy atom. The Labute approximate surface area is 96.4 Å². The Kier molecular flexibility index (Phi) is 2.47. The molecule has 0 bridgehead atoms. The molecule has 0 spiro atoms. The molecule has 1 amide bonds. The van der Waals surface area contributed by atoms with Crippen molar-refractivity contribution >= 4 is 17.3 Å². The summed E-state index contributed by atoms with van der Waals surface area (Å²) in [6.45, 7) is 0. The van der Waals surface area contributed by atoms with Gasteiger partial charge in [0.15, 0.2) is 5.69 Å². The number of phenols is 1. The van der Waals surface area contributed by atoms with E-state index in [0.717, 1.165) is 0 Å². The van der Waals surface area contributed by atoms with E-state index in [0.29, 0.717) is 12.8 Å². The van der Waals surface area contributed by atoms with Crippen molar-refractivity contribution in [3.63, 3.8) is 0 Å². The number of benzene rings is 1. The molecule has 7 heteroatoms. The van der Waals surface area contributed by atoms with Gasteiger partial charge in [-0.15, -0.1) is 0 Å². The van der Waals surface area contributed by atoms with Crippen LogP contribution in [-0.4, -0.2) is 21.5 Å². The van der Waals surface area contributed by atoms with Gasteiger partial charge in [0.1, 0.15) is 5.75 Å². The Hall–Kier alpha value is -2.15. The maximum atomic E-state index is 11.7. The zero-order valence-corrected chi connectivity index (χ0v) is 8.84. The fourth-order valence-corrected chi connectivity index (χ4v) is 1.41. The predicted molar refractivity (Wildman–Crippen MR) is 59.5 cm³/mol. The average molecular weight is 237 g/mol. The van der Waals surface area contributed by atoms with Gasteiger partial charge >= 0.3 is 0 Å². The van der Waals surface area contributed by atoms with Crippen LogP contribution in [0, 0.1) is 10.1 Å². The van der Waals surface area contributed by atoms with Crippen molar-refractivity contribution in [3.8, 4) is 5.75 Å². The molecule has 1 aliphatic rings. The van der Waals surface area contributed by atoms with Gasteiger partial charge in [0, 0.05) is 6.07 Å². The van der Waals surface area contributed by atoms with Crippen LogP contribution >= 0.6 is 0 Å². The highest BCUT2D eigenvalue weighted by atomic mass is 16.6. The number of nitrogens with zero attached hydrogens (tertiary/aromatic N) is 1. The molecule has 7 nitrogen and oxygen atoms in total. The summed E-state index contributed by atoms with van der Waals surface area (Å²) in [5.74, 6) is -0.862. The van der Waals surface area contributed by atoms with E-state index in [2.05, 4.69) is 5.32 Å². The highest BCUT2D eigenvalue weighted by molar-refractivity contribution is 6.02. The Morgan fingerprint density at radius 3 is 2.71 bits per heavy atom. The monoisotopic (exact) mass is 237 g/mol. The molecule has 0 heterocycles. The predicted octanol–water partition coefficient (Wildman–Crippen LogP) is 0.730. The SMILES string of the molecule is NC1(C(=O)Nc2c(O)cccc2[N+](=O)[O-])CC1. The number of hydrogen-bond acceptors (Lipinski definition) is 5. The molecule has 1 saturated carbocycles. The van der Waals surface area contributed by atoms with E-state index in [1.54, 1.807) is 0 Å². The molecular weight excluding hydrogens is 226 g/mol. The largest absolute Gasteiger partial charge is 0.505 e. The lowest BCUT2D eigenvalue weighted by atomic mass is 10.2. The van der Waals surface area contributed by atoms with Crippen molar-refractivity contribution in [2.45, 2.75) is 18.4 Å². The summed E-state index contributed by atoms with van der Waals surface area (Å²) < 4.78 is 0. The molecule has 0 aromatic heterocycles. The molecule has 2 rings (SSSR count). The summed E-state index contributed by atoms with van der Waals surface area (Å²) in [7, 11) is 0. The first kappa shape index (κ1) is 11.3. The summed E-state index contributed by atoms with van der Waals surface area (Å²) >= 11 is 0. The minimum absolute atomic E-state index is 0.209. The lowest BCUT2D eigenvalue weighted by Gasteiger charge is -2.11. The van der Waals surface area contributed by atoms with Gasteiger partial charge < -0.3 is 16.2 Å². The minimum Gasteiger partial charge on any atom is -0.505 e. The lowest BCUT2D eigenvalue weighted by molar-refractivity contribution is -0.384. The third-order valence-electron chi connectivity index (χ3n) is 2.70. The Bertz CT molecular complexity index is 496. The molecule has 1 aromatic rings. The van der Waals surface area contributed by atoms with E-state index in [1.165, 1.54) is 18.2 Å². The summed E-state index contributed by atoms with van der Waals surface area (Å²) in [5, 5.41) is 22.6. The van der Waals surface area contributed by atoms with Crippen molar-refractivity contribution in [2.75, 3.05) is 5.32 Å². The molecule has 0 radical (unpaired) electrons. The molecule has 0 unspecified atom stereocenters. The van der Waals surface area contributed by atoms with Crippen LogP contribution in [0.25, 0.3) is 0 Å². The number of amides is 1. The fraction of sp³-hybridized carbons (Fsp3) is 0.300. The van der Waals surface area contributed by atoms with Crippen LogP contribution in [0.2, 0.25) is 0 Å². The smallest absolute Gasteiger partial charge is 0.296 e. The van der Waals surface area contributed by atoms with Gasteiger partial charge in [0.25, 0.3) is 5.69 Å². The normalized spacial score (nSPS) is 16.3. The first-order valence-electron chi connectivity index (χ1n) is 5.01. The lowest BCUT2D eigenvalue weighted by Crippen LogP contribution is -2.37. The van der Waals surface area contributed by atoms with E-state index in [9.17, 15) is 20.0 Å². The van der Waals surface area contributed by atoms with Crippen molar-refractivity contribution < 1.29 is 14.8 Å². The zero-order chi connectivity index (χ0) is 12.6. The molecule has 90 valence electrons. The first-order chi connectivity index (χ1) is 7.94. The molecule has 1 fully saturated rings. The van der Waals surface area contributed by atoms with E-state index < -0.39 is 16.4 Å². The molecule has 0 saturated heterocycles. The highest BCUT2D eigenvalue weighted by Gasteiger charge is 2.46. The fourth-order valence-electron chi connectivity index (χ4n) is 1.41. The molecule has 17 heavy (non-hydrogen) atoms. The number of aromatic hydroxyl groups is 1. The number of nitrogens with two attached hydrogens (primary N) is 1. The van der Waals surface area contributed by atoms with Crippen LogP contribution in [0.1, 0.15) is 12.8 Å². The number of carbonyl (C=O) groups excluding carboxylic acids is 1. The summed E-state index contributed by atoms with van der Waals surface area (Å²) in [4.78, 5) is 21.7. The number of hydrogen-bond donors (Lipinski definition) is 3. The van der Waals surface area contributed by atoms with Crippen LogP contribution in [0.15, 0.2) is 18.2 Å². The maximum Gasteiger partial charge on any atom is 0.296 e. The maximum absolute atomic E-state index is 11.7. The van der Waals surface area contributed by atoms with E-state index in [1.807, 2.05) is 0 Å². The van der Waals surface area contributed by atoms with Gasteiger partial charge in [0.2, 0.25) is 5.91 Å². The topological polar surface area (TPSA) is 118 Å². The van der Waals surface area contributed by atoms with Crippen molar-refractivity contribution in [1.29, 1.82) is 0 Å². The van der Waals surface area contributed by atoms with Crippen molar-refractivity contribution in [2.24, 2.45) is 5.73 Å². The number of para-hydroxylation sites is 1. The summed E-state index contributed by atoms with van der Waals surface area (Å²) in [6.07, 6.45) is 1.08. The average Bonchev–Trinajstić information content (AvgIpc) is 3.00. The number of nitro groups is 1. The number of carbonyl (C=O) groups is 1. The number of nitrogens with one attached hydrogen (secondary N) is 1. The summed E-state index contributed by atoms with van der Waals surface area (Å²) in [5.41, 5.74) is 4.13. The standard InChI is InChI=1S/C10H11N3O4/c11-10(4-5-10)9(15)12-8-6(13(16)17)2-1-3-7(8)14/h1-3,14H,4-5,11H2,(H,12,15). The van der Waals surface area contributed by atoms with Crippen molar-refractivity contribution in [3.05, 3.63) is 28.3 Å². The second kappa shape index (κ2) is 3.70. The van der Waals surface area contributed by atoms with Crippen LogP contribution in [0.5, 0.6) is 5.75 Å². The van der Waals surface area contributed by atoms with Crippen LogP contribution in [0.3, 0.4) is 0 Å². The van der Waals surface area contributed by atoms with E-state index >= 15 is 0 Å². The van der Waals surface area contributed by atoms with Gasteiger partial charge in [0.05, 0.1) is 10.5 Å². The van der Waals surface area contributed by atoms with Crippen LogP contribution in [0.4, 0.5) is 11.4 Å². The Morgan fingerprint density at radius 2 is 2.18 bits per heavy atom. The molecule has 0 atom stereocenters. The van der Waals surface area contributed by atoms with Crippen LogP contribution < -0.4 is 11.1 Å². The molecule has 1 aromatic carbocycles. The van der Waals surface area contributed by atoms with Gasteiger partial charge in [-0.25, -0.2) is 0 Å². The molecule has 4 N–H and O–H groups in total. The quantitative estimate of drug-likeness (QED) is 0.407. The van der Waals surface area contributed by atoms with E-state index in [-0.39, 0.29) is 17.1 Å². The molecular formula is C10H11N3O4.